The van der Waals surface area contributed by atoms with Gasteiger partial charge >= 0.3 is 0 Å². The number of carbonyl (C=O) groups is 2. The SMILES string of the molecule is CCC(=O)NCCN(C(C)=O)C(C)CC. The highest BCUT2D eigenvalue weighted by Crippen LogP contribution is 2.02. The Morgan fingerprint density at radius 1 is 1.33 bits per heavy atom. The molecule has 0 saturated carbocycles. The molecule has 0 saturated heterocycles. The van der Waals surface area contributed by atoms with Gasteiger partial charge in [0, 0.05) is 32.5 Å². The number of nitrogens with one attached hydrogen (secondary N) is 1. The van der Waals surface area contributed by atoms with Crippen molar-refractivity contribution >= 4 is 11.8 Å². The van der Waals surface area contributed by atoms with Gasteiger partial charge in [0.05, 0.1) is 0 Å². The average Bonchev–Trinajstić information content (AvgIpc) is 2.22. The predicted octanol–water partition coefficient (Wildman–Crippen LogP) is 1.16. The first-order chi connectivity index (χ1) is 7.02. The molecule has 1 atom stereocenters. The molecule has 0 fully saturated rings. The molecule has 0 aromatic heterocycles. The van der Waals surface area contributed by atoms with Gasteiger partial charge in [-0.2, -0.15) is 0 Å². The monoisotopic (exact) mass is 214 g/mol. The lowest BCUT2D eigenvalue weighted by molar-refractivity contribution is -0.131. The topological polar surface area (TPSA) is 49.4 Å². The minimum Gasteiger partial charge on any atom is -0.354 e. The molecule has 0 aliphatic heterocycles. The van der Waals surface area contributed by atoms with Crippen LogP contribution in [0.1, 0.15) is 40.5 Å². The maximum absolute atomic E-state index is 11.3. The van der Waals surface area contributed by atoms with Gasteiger partial charge in [0.1, 0.15) is 0 Å². The molecular weight excluding hydrogens is 192 g/mol. The van der Waals surface area contributed by atoms with Gasteiger partial charge in [-0.05, 0) is 13.3 Å². The summed E-state index contributed by atoms with van der Waals surface area (Å²) in [6.07, 6.45) is 1.42. The van der Waals surface area contributed by atoms with Gasteiger partial charge in [-0.15, -0.1) is 0 Å². The Bertz CT molecular complexity index is 217. The summed E-state index contributed by atoms with van der Waals surface area (Å²) in [5.41, 5.74) is 0. The van der Waals surface area contributed by atoms with E-state index in [9.17, 15) is 9.59 Å². The normalized spacial score (nSPS) is 12.0. The van der Waals surface area contributed by atoms with Crippen molar-refractivity contribution in [1.82, 2.24) is 10.2 Å². The van der Waals surface area contributed by atoms with Crippen LogP contribution in [-0.4, -0.2) is 35.8 Å². The van der Waals surface area contributed by atoms with Crippen LogP contribution in [0.2, 0.25) is 0 Å². The van der Waals surface area contributed by atoms with E-state index in [-0.39, 0.29) is 17.9 Å². The van der Waals surface area contributed by atoms with E-state index in [4.69, 9.17) is 0 Å². The minimum atomic E-state index is 0.0302. The second-order valence-electron chi connectivity index (χ2n) is 3.67. The molecule has 2 amide bonds. The zero-order valence-electron chi connectivity index (χ0n) is 10.2. The molecule has 0 aliphatic rings. The third-order valence-corrected chi connectivity index (χ3v) is 2.52. The Kier molecular flexibility index (Phi) is 6.75. The Hall–Kier alpha value is -1.06. The lowest BCUT2D eigenvalue weighted by Gasteiger charge is -2.27. The molecular formula is C11H22N2O2. The molecule has 1 N–H and O–H groups in total. The van der Waals surface area contributed by atoms with E-state index in [1.54, 1.807) is 11.8 Å². The summed E-state index contributed by atoms with van der Waals surface area (Å²) in [7, 11) is 0. The van der Waals surface area contributed by atoms with Gasteiger partial charge in [-0.25, -0.2) is 0 Å². The van der Waals surface area contributed by atoms with Gasteiger partial charge in [0.25, 0.3) is 0 Å². The molecule has 0 bridgehead atoms. The fourth-order valence-electron chi connectivity index (χ4n) is 1.35. The lowest BCUT2D eigenvalue weighted by Crippen LogP contribution is -2.42. The number of nitrogens with zero attached hydrogens (tertiary/aromatic N) is 1. The van der Waals surface area contributed by atoms with E-state index in [1.165, 1.54) is 0 Å². The summed E-state index contributed by atoms with van der Waals surface area (Å²) in [6, 6.07) is 0.237. The van der Waals surface area contributed by atoms with Gasteiger partial charge in [-0.3, -0.25) is 9.59 Å². The van der Waals surface area contributed by atoms with Crippen LogP contribution in [-0.2, 0) is 9.59 Å². The van der Waals surface area contributed by atoms with E-state index >= 15 is 0 Å². The second-order valence-corrected chi connectivity index (χ2v) is 3.67. The van der Waals surface area contributed by atoms with Gasteiger partial charge in [0.2, 0.25) is 11.8 Å². The highest BCUT2D eigenvalue weighted by Gasteiger charge is 2.14. The van der Waals surface area contributed by atoms with Crippen LogP contribution >= 0.6 is 0 Å². The number of rotatable bonds is 6. The van der Waals surface area contributed by atoms with E-state index in [2.05, 4.69) is 5.32 Å². The van der Waals surface area contributed by atoms with Crippen molar-refractivity contribution < 1.29 is 9.59 Å². The first-order valence-electron chi connectivity index (χ1n) is 5.56. The first-order valence-corrected chi connectivity index (χ1v) is 5.56. The molecule has 15 heavy (non-hydrogen) atoms. The Morgan fingerprint density at radius 2 is 1.93 bits per heavy atom. The fourth-order valence-corrected chi connectivity index (χ4v) is 1.35. The zero-order valence-corrected chi connectivity index (χ0v) is 10.2. The van der Waals surface area contributed by atoms with E-state index < -0.39 is 0 Å². The van der Waals surface area contributed by atoms with E-state index in [0.29, 0.717) is 19.5 Å². The van der Waals surface area contributed by atoms with E-state index in [1.807, 2.05) is 20.8 Å². The second kappa shape index (κ2) is 7.26. The van der Waals surface area contributed by atoms with Gasteiger partial charge < -0.3 is 10.2 Å². The summed E-state index contributed by atoms with van der Waals surface area (Å²) in [5.74, 6) is 0.0951. The minimum absolute atomic E-state index is 0.0302. The molecule has 0 aromatic carbocycles. The Morgan fingerprint density at radius 3 is 2.33 bits per heavy atom. The van der Waals surface area contributed by atoms with Crippen molar-refractivity contribution in [2.24, 2.45) is 0 Å². The largest absolute Gasteiger partial charge is 0.354 e. The van der Waals surface area contributed by atoms with Crippen LogP contribution in [0.3, 0.4) is 0 Å². The zero-order chi connectivity index (χ0) is 11.8. The van der Waals surface area contributed by atoms with Crippen LogP contribution in [0.25, 0.3) is 0 Å². The standard InChI is InChI=1S/C11H22N2O2/c1-5-9(3)13(10(4)14)8-7-12-11(15)6-2/h9H,5-8H2,1-4H3,(H,12,15). The van der Waals surface area contributed by atoms with Crippen LogP contribution in [0.15, 0.2) is 0 Å². The lowest BCUT2D eigenvalue weighted by atomic mass is 10.2. The molecule has 0 radical (unpaired) electrons. The van der Waals surface area contributed by atoms with Crippen LogP contribution in [0.4, 0.5) is 0 Å². The van der Waals surface area contributed by atoms with Crippen LogP contribution < -0.4 is 5.32 Å². The molecule has 1 unspecified atom stereocenters. The van der Waals surface area contributed by atoms with Crippen molar-refractivity contribution in [3.05, 3.63) is 0 Å². The van der Waals surface area contributed by atoms with Crippen molar-refractivity contribution in [1.29, 1.82) is 0 Å². The molecule has 0 aromatic rings. The fraction of sp³-hybridized carbons (Fsp3) is 0.818. The summed E-state index contributed by atoms with van der Waals surface area (Å²) in [6.45, 7) is 8.57. The molecule has 0 rings (SSSR count). The van der Waals surface area contributed by atoms with Crippen LogP contribution in [0, 0.1) is 0 Å². The Labute approximate surface area is 92.0 Å². The number of hydrogen-bond acceptors (Lipinski definition) is 2. The molecule has 0 aliphatic carbocycles. The van der Waals surface area contributed by atoms with Crippen molar-refractivity contribution in [3.63, 3.8) is 0 Å². The van der Waals surface area contributed by atoms with Crippen molar-refractivity contribution in [3.8, 4) is 0 Å². The average molecular weight is 214 g/mol. The molecule has 4 heteroatoms. The van der Waals surface area contributed by atoms with Gasteiger partial charge in [0.15, 0.2) is 0 Å². The van der Waals surface area contributed by atoms with Crippen molar-refractivity contribution in [2.75, 3.05) is 13.1 Å². The van der Waals surface area contributed by atoms with Crippen LogP contribution in [0.5, 0.6) is 0 Å². The molecule has 88 valence electrons. The number of carbonyl (C=O) groups excluding carboxylic acids is 2. The summed E-state index contributed by atoms with van der Waals surface area (Å²) in [5, 5.41) is 2.76. The summed E-state index contributed by atoms with van der Waals surface area (Å²) in [4.78, 5) is 24.1. The highest BCUT2D eigenvalue weighted by atomic mass is 16.2. The molecule has 4 nitrogen and oxygen atoms in total. The third-order valence-electron chi connectivity index (χ3n) is 2.52. The van der Waals surface area contributed by atoms with E-state index in [0.717, 1.165) is 6.42 Å². The quantitative estimate of drug-likeness (QED) is 0.721. The predicted molar refractivity (Wildman–Crippen MR) is 60.4 cm³/mol. The number of hydrogen-bond donors (Lipinski definition) is 1. The molecule has 0 spiro atoms. The first kappa shape index (κ1) is 13.9. The Balaban J connectivity index is 3.97. The molecule has 0 heterocycles. The van der Waals surface area contributed by atoms with Gasteiger partial charge in [-0.1, -0.05) is 13.8 Å². The summed E-state index contributed by atoms with van der Waals surface area (Å²) < 4.78 is 0. The number of amides is 2. The maximum atomic E-state index is 11.3. The summed E-state index contributed by atoms with van der Waals surface area (Å²) >= 11 is 0. The maximum Gasteiger partial charge on any atom is 0.219 e. The third kappa shape index (κ3) is 5.40. The van der Waals surface area contributed by atoms with Crippen molar-refractivity contribution in [2.45, 2.75) is 46.6 Å². The smallest absolute Gasteiger partial charge is 0.219 e. The highest BCUT2D eigenvalue weighted by molar-refractivity contribution is 5.76.